The summed E-state index contributed by atoms with van der Waals surface area (Å²) in [6.45, 7) is 9.05. The van der Waals surface area contributed by atoms with Gasteiger partial charge < -0.3 is 10.6 Å². The molecule has 2 unspecified atom stereocenters. The highest BCUT2D eigenvalue weighted by atomic mass is 35.5. The van der Waals surface area contributed by atoms with Gasteiger partial charge in [-0.15, -0.1) is 0 Å². The van der Waals surface area contributed by atoms with Crippen molar-refractivity contribution in [1.29, 1.82) is 0 Å². The molecule has 2 N–H and O–H groups in total. The number of anilines is 1. The lowest BCUT2D eigenvalue weighted by Gasteiger charge is -2.21. The van der Waals surface area contributed by atoms with Crippen LogP contribution in [0.1, 0.15) is 39.2 Å². The Hall–Kier alpha value is -0.730. The first-order valence-corrected chi connectivity index (χ1v) is 8.18. The lowest BCUT2D eigenvalue weighted by atomic mass is 9.95. The minimum atomic E-state index is 0.204. The number of rotatable bonds is 5. The summed E-state index contributed by atoms with van der Waals surface area (Å²) in [5, 5.41) is 0.861. The van der Waals surface area contributed by atoms with Crippen LogP contribution in [0, 0.1) is 11.8 Å². The second-order valence-electron chi connectivity index (χ2n) is 6.39. The molecule has 3 heteroatoms. The summed E-state index contributed by atoms with van der Waals surface area (Å²) in [4.78, 5) is 2.46. The monoisotopic (exact) mass is 294 g/mol. The Morgan fingerprint density at radius 3 is 2.70 bits per heavy atom. The van der Waals surface area contributed by atoms with Crippen molar-refractivity contribution < 1.29 is 0 Å². The van der Waals surface area contributed by atoms with Crippen LogP contribution in [0.5, 0.6) is 0 Å². The average Bonchev–Trinajstić information content (AvgIpc) is 2.90. The molecular formula is C17H27ClN2. The SMILES string of the molecule is CCC(N)Cc1ccc(N2CCC(C(C)C)C2)cc1Cl. The molecule has 0 saturated carbocycles. The highest BCUT2D eigenvalue weighted by Gasteiger charge is 2.25. The summed E-state index contributed by atoms with van der Waals surface area (Å²) in [6, 6.07) is 6.67. The van der Waals surface area contributed by atoms with E-state index in [0.717, 1.165) is 42.8 Å². The van der Waals surface area contributed by atoms with Crippen LogP contribution in [0.2, 0.25) is 5.02 Å². The molecular weight excluding hydrogens is 268 g/mol. The third-order valence-corrected chi connectivity index (χ3v) is 4.93. The molecule has 1 aliphatic heterocycles. The Balaban J connectivity index is 2.06. The highest BCUT2D eigenvalue weighted by molar-refractivity contribution is 6.31. The number of halogens is 1. The second-order valence-corrected chi connectivity index (χ2v) is 6.79. The molecule has 0 radical (unpaired) electrons. The van der Waals surface area contributed by atoms with Gasteiger partial charge in [-0.25, -0.2) is 0 Å². The van der Waals surface area contributed by atoms with Crippen molar-refractivity contribution in [2.45, 2.75) is 46.1 Å². The van der Waals surface area contributed by atoms with Gasteiger partial charge in [0.1, 0.15) is 0 Å². The summed E-state index contributed by atoms with van der Waals surface area (Å²) >= 11 is 6.43. The normalized spacial score (nSPS) is 20.7. The number of hydrogen-bond acceptors (Lipinski definition) is 2. The minimum absolute atomic E-state index is 0.204. The Morgan fingerprint density at radius 1 is 1.40 bits per heavy atom. The predicted octanol–water partition coefficient (Wildman–Crippen LogP) is 4.10. The molecule has 0 spiro atoms. The van der Waals surface area contributed by atoms with Gasteiger partial charge in [-0.05, 0) is 48.8 Å². The van der Waals surface area contributed by atoms with Crippen LogP contribution in [0.25, 0.3) is 0 Å². The number of hydrogen-bond donors (Lipinski definition) is 1. The summed E-state index contributed by atoms with van der Waals surface area (Å²) in [5.74, 6) is 1.57. The standard InChI is InChI=1S/C17H27ClN2/c1-4-15(19)9-13-5-6-16(10-17(13)18)20-8-7-14(11-20)12(2)3/h5-6,10,12,14-15H,4,7-9,11,19H2,1-3H3. The van der Waals surface area contributed by atoms with Gasteiger partial charge in [-0.1, -0.05) is 38.4 Å². The molecule has 0 amide bonds. The summed E-state index contributed by atoms with van der Waals surface area (Å²) in [5.41, 5.74) is 8.44. The van der Waals surface area contributed by atoms with Gasteiger partial charge in [0, 0.05) is 29.8 Å². The van der Waals surface area contributed by atoms with Crippen LogP contribution in [0.15, 0.2) is 18.2 Å². The molecule has 0 bridgehead atoms. The molecule has 1 heterocycles. The Bertz CT molecular complexity index is 445. The number of nitrogens with two attached hydrogens (primary N) is 1. The van der Waals surface area contributed by atoms with Crippen molar-refractivity contribution in [2.75, 3.05) is 18.0 Å². The molecule has 20 heavy (non-hydrogen) atoms. The zero-order valence-corrected chi connectivity index (χ0v) is 13.7. The zero-order chi connectivity index (χ0) is 14.7. The van der Waals surface area contributed by atoms with Gasteiger partial charge in [0.25, 0.3) is 0 Å². The van der Waals surface area contributed by atoms with E-state index in [0.29, 0.717) is 0 Å². The fourth-order valence-electron chi connectivity index (χ4n) is 2.89. The Morgan fingerprint density at radius 2 is 2.15 bits per heavy atom. The lowest BCUT2D eigenvalue weighted by molar-refractivity contribution is 0.423. The number of benzene rings is 1. The van der Waals surface area contributed by atoms with Gasteiger partial charge in [0.15, 0.2) is 0 Å². The van der Waals surface area contributed by atoms with Crippen molar-refractivity contribution in [3.05, 3.63) is 28.8 Å². The first-order chi connectivity index (χ1) is 9.51. The van der Waals surface area contributed by atoms with Crippen molar-refractivity contribution in [3.63, 3.8) is 0 Å². The van der Waals surface area contributed by atoms with Crippen molar-refractivity contribution in [3.8, 4) is 0 Å². The van der Waals surface area contributed by atoms with E-state index in [1.165, 1.54) is 17.7 Å². The minimum Gasteiger partial charge on any atom is -0.371 e. The van der Waals surface area contributed by atoms with Crippen molar-refractivity contribution >= 4 is 17.3 Å². The largest absolute Gasteiger partial charge is 0.371 e. The molecule has 112 valence electrons. The van der Waals surface area contributed by atoms with Gasteiger partial charge >= 0.3 is 0 Å². The molecule has 2 atom stereocenters. The first-order valence-electron chi connectivity index (χ1n) is 7.80. The summed E-state index contributed by atoms with van der Waals surface area (Å²) < 4.78 is 0. The predicted molar refractivity (Wildman–Crippen MR) is 88.6 cm³/mol. The van der Waals surface area contributed by atoms with Crippen molar-refractivity contribution in [1.82, 2.24) is 0 Å². The van der Waals surface area contributed by atoms with Crippen LogP contribution in [-0.4, -0.2) is 19.1 Å². The molecule has 1 aromatic carbocycles. The van der Waals surface area contributed by atoms with Crippen LogP contribution in [-0.2, 0) is 6.42 Å². The molecule has 0 aliphatic carbocycles. The quantitative estimate of drug-likeness (QED) is 0.886. The van der Waals surface area contributed by atoms with E-state index in [1.54, 1.807) is 0 Å². The molecule has 2 nitrogen and oxygen atoms in total. The Labute approximate surface area is 128 Å². The molecule has 2 rings (SSSR count). The average molecular weight is 295 g/mol. The first kappa shape index (κ1) is 15.7. The van der Waals surface area contributed by atoms with E-state index in [-0.39, 0.29) is 6.04 Å². The van der Waals surface area contributed by atoms with Crippen LogP contribution < -0.4 is 10.6 Å². The van der Waals surface area contributed by atoms with Crippen LogP contribution in [0.3, 0.4) is 0 Å². The molecule has 1 aromatic rings. The van der Waals surface area contributed by atoms with E-state index < -0.39 is 0 Å². The maximum atomic E-state index is 6.43. The fourth-order valence-corrected chi connectivity index (χ4v) is 3.14. The van der Waals surface area contributed by atoms with Crippen molar-refractivity contribution in [2.24, 2.45) is 17.6 Å². The third-order valence-electron chi connectivity index (χ3n) is 4.58. The van der Waals surface area contributed by atoms with Gasteiger partial charge in [-0.2, -0.15) is 0 Å². The summed E-state index contributed by atoms with van der Waals surface area (Å²) in [6.07, 6.45) is 3.14. The molecule has 1 aliphatic rings. The van der Waals surface area contributed by atoms with Gasteiger partial charge in [-0.3, -0.25) is 0 Å². The van der Waals surface area contributed by atoms with E-state index in [2.05, 4.69) is 43.9 Å². The summed E-state index contributed by atoms with van der Waals surface area (Å²) in [7, 11) is 0. The maximum Gasteiger partial charge on any atom is 0.0459 e. The van der Waals surface area contributed by atoms with Crippen LogP contribution in [0.4, 0.5) is 5.69 Å². The molecule has 0 aromatic heterocycles. The highest BCUT2D eigenvalue weighted by Crippen LogP contribution is 2.31. The van der Waals surface area contributed by atoms with E-state index >= 15 is 0 Å². The van der Waals surface area contributed by atoms with E-state index in [1.807, 2.05) is 0 Å². The van der Waals surface area contributed by atoms with E-state index in [9.17, 15) is 0 Å². The smallest absolute Gasteiger partial charge is 0.0459 e. The fraction of sp³-hybridized carbons (Fsp3) is 0.647. The lowest BCUT2D eigenvalue weighted by Crippen LogP contribution is -2.22. The van der Waals surface area contributed by atoms with Gasteiger partial charge in [0.05, 0.1) is 0 Å². The second kappa shape index (κ2) is 6.82. The maximum absolute atomic E-state index is 6.43. The van der Waals surface area contributed by atoms with Crippen LogP contribution >= 0.6 is 11.6 Å². The van der Waals surface area contributed by atoms with E-state index in [4.69, 9.17) is 17.3 Å². The molecule has 1 fully saturated rings. The Kier molecular flexibility index (Phi) is 5.34. The topological polar surface area (TPSA) is 29.3 Å². The van der Waals surface area contributed by atoms with Gasteiger partial charge in [0.2, 0.25) is 0 Å². The number of nitrogens with zero attached hydrogens (tertiary/aromatic N) is 1. The zero-order valence-electron chi connectivity index (χ0n) is 12.9. The third kappa shape index (κ3) is 3.67. The molecule has 1 saturated heterocycles.